The summed E-state index contributed by atoms with van der Waals surface area (Å²) in [6, 6.07) is 7.85. The van der Waals surface area contributed by atoms with Gasteiger partial charge in [0, 0.05) is 6.42 Å². The van der Waals surface area contributed by atoms with Crippen LogP contribution in [0.4, 0.5) is 0 Å². The summed E-state index contributed by atoms with van der Waals surface area (Å²) in [5.74, 6) is 1.71. The third kappa shape index (κ3) is 1.99. The Morgan fingerprint density at radius 3 is 3.06 bits per heavy atom. The predicted octanol–water partition coefficient (Wildman–Crippen LogP) is 1.88. The van der Waals surface area contributed by atoms with Gasteiger partial charge in [0.05, 0.1) is 6.42 Å². The number of hydrogen-bond acceptors (Lipinski definition) is 5. The predicted molar refractivity (Wildman–Crippen MR) is 62.2 cm³/mol. The summed E-state index contributed by atoms with van der Waals surface area (Å²) in [5, 5.41) is 3.87. The van der Waals surface area contributed by atoms with E-state index >= 15 is 0 Å². The number of rotatable bonds is 3. The molecule has 1 aromatic carbocycles. The number of para-hydroxylation sites is 1. The van der Waals surface area contributed by atoms with Crippen LogP contribution in [0.3, 0.4) is 0 Å². The van der Waals surface area contributed by atoms with Crippen molar-refractivity contribution in [1.29, 1.82) is 0 Å². The standard InChI is InChI=1S/C13H12N2O3/c1-8(16)6-12-14-13(15-18-12)11-7-9-4-2-3-5-10(9)17-11/h2-5,11H,6-7H2,1H3. The zero-order valence-electron chi connectivity index (χ0n) is 9.92. The molecule has 0 amide bonds. The van der Waals surface area contributed by atoms with E-state index in [-0.39, 0.29) is 18.3 Å². The maximum absolute atomic E-state index is 11.0. The average molecular weight is 244 g/mol. The lowest BCUT2D eigenvalue weighted by molar-refractivity contribution is -0.116. The van der Waals surface area contributed by atoms with Crippen molar-refractivity contribution in [2.45, 2.75) is 25.9 Å². The van der Waals surface area contributed by atoms with Crippen LogP contribution in [0.1, 0.15) is 30.3 Å². The highest BCUT2D eigenvalue weighted by Crippen LogP contribution is 2.35. The van der Waals surface area contributed by atoms with E-state index < -0.39 is 0 Å². The minimum absolute atomic E-state index is 0.000765. The lowest BCUT2D eigenvalue weighted by Crippen LogP contribution is -2.06. The summed E-state index contributed by atoms with van der Waals surface area (Å²) in [6.45, 7) is 1.49. The molecule has 5 nitrogen and oxygen atoms in total. The molecule has 1 aliphatic heterocycles. The van der Waals surface area contributed by atoms with Gasteiger partial charge in [-0.3, -0.25) is 4.79 Å². The van der Waals surface area contributed by atoms with Gasteiger partial charge >= 0.3 is 0 Å². The molecule has 1 aliphatic rings. The Kier molecular flexibility index (Phi) is 2.59. The van der Waals surface area contributed by atoms with Crippen LogP contribution in [-0.4, -0.2) is 15.9 Å². The number of ether oxygens (including phenoxy) is 1. The van der Waals surface area contributed by atoms with Crippen LogP contribution >= 0.6 is 0 Å². The van der Waals surface area contributed by atoms with Gasteiger partial charge in [-0.15, -0.1) is 0 Å². The summed E-state index contributed by atoms with van der Waals surface area (Å²) in [5.41, 5.74) is 1.14. The lowest BCUT2D eigenvalue weighted by Gasteiger charge is -2.04. The Hall–Kier alpha value is -2.17. The number of benzene rings is 1. The second-order valence-corrected chi connectivity index (χ2v) is 4.34. The first-order valence-electron chi connectivity index (χ1n) is 5.79. The van der Waals surface area contributed by atoms with Crippen LogP contribution in [0.2, 0.25) is 0 Å². The molecule has 0 bridgehead atoms. The van der Waals surface area contributed by atoms with Gasteiger partial charge in [-0.25, -0.2) is 0 Å². The van der Waals surface area contributed by atoms with Crippen LogP contribution in [-0.2, 0) is 17.6 Å². The number of aromatic nitrogens is 2. The lowest BCUT2D eigenvalue weighted by atomic mass is 10.1. The summed E-state index contributed by atoms with van der Waals surface area (Å²) in [6.07, 6.45) is 0.689. The van der Waals surface area contributed by atoms with Gasteiger partial charge in [0.1, 0.15) is 11.5 Å². The molecule has 0 radical (unpaired) electrons. The van der Waals surface area contributed by atoms with E-state index in [1.54, 1.807) is 0 Å². The molecular formula is C13H12N2O3. The number of fused-ring (bicyclic) bond motifs is 1. The molecule has 0 fully saturated rings. The normalized spacial score (nSPS) is 17.3. The van der Waals surface area contributed by atoms with Crippen LogP contribution in [0.15, 0.2) is 28.8 Å². The van der Waals surface area contributed by atoms with Gasteiger partial charge in [-0.2, -0.15) is 4.98 Å². The average Bonchev–Trinajstić information content (AvgIpc) is 2.93. The maximum atomic E-state index is 11.0. The number of carbonyl (C=O) groups is 1. The zero-order chi connectivity index (χ0) is 12.5. The van der Waals surface area contributed by atoms with Gasteiger partial charge < -0.3 is 9.26 Å². The molecule has 92 valence electrons. The van der Waals surface area contributed by atoms with E-state index in [4.69, 9.17) is 9.26 Å². The van der Waals surface area contributed by atoms with Crippen LogP contribution < -0.4 is 4.74 Å². The summed E-state index contributed by atoms with van der Waals surface area (Å²) in [7, 11) is 0. The van der Waals surface area contributed by atoms with E-state index in [0.717, 1.165) is 17.7 Å². The molecule has 0 aliphatic carbocycles. The first-order valence-corrected chi connectivity index (χ1v) is 5.79. The second-order valence-electron chi connectivity index (χ2n) is 4.34. The molecular weight excluding hydrogens is 232 g/mol. The fourth-order valence-electron chi connectivity index (χ4n) is 2.01. The molecule has 2 aromatic rings. The molecule has 1 aromatic heterocycles. The Morgan fingerprint density at radius 1 is 1.44 bits per heavy atom. The van der Waals surface area contributed by atoms with Crippen LogP contribution in [0.5, 0.6) is 5.75 Å². The minimum atomic E-state index is -0.216. The number of nitrogens with zero attached hydrogens (tertiary/aromatic N) is 2. The van der Waals surface area contributed by atoms with Crippen LogP contribution in [0.25, 0.3) is 0 Å². The van der Waals surface area contributed by atoms with Crippen molar-refractivity contribution in [1.82, 2.24) is 10.1 Å². The smallest absolute Gasteiger partial charge is 0.234 e. The van der Waals surface area contributed by atoms with E-state index in [9.17, 15) is 4.79 Å². The molecule has 18 heavy (non-hydrogen) atoms. The third-order valence-electron chi connectivity index (χ3n) is 2.82. The quantitative estimate of drug-likeness (QED) is 0.824. The molecule has 0 saturated heterocycles. The fraction of sp³-hybridized carbons (Fsp3) is 0.308. The molecule has 1 unspecified atom stereocenters. The zero-order valence-corrected chi connectivity index (χ0v) is 9.92. The van der Waals surface area contributed by atoms with Crippen molar-refractivity contribution in [3.05, 3.63) is 41.5 Å². The van der Waals surface area contributed by atoms with E-state index in [1.807, 2.05) is 24.3 Å². The van der Waals surface area contributed by atoms with Crippen molar-refractivity contribution in [3.8, 4) is 5.75 Å². The van der Waals surface area contributed by atoms with E-state index in [2.05, 4.69) is 10.1 Å². The number of ketones is 1. The maximum Gasteiger partial charge on any atom is 0.234 e. The van der Waals surface area contributed by atoms with Gasteiger partial charge in [-0.1, -0.05) is 23.4 Å². The van der Waals surface area contributed by atoms with Gasteiger partial charge in [0.2, 0.25) is 11.7 Å². The number of hydrogen-bond donors (Lipinski definition) is 0. The van der Waals surface area contributed by atoms with Crippen molar-refractivity contribution in [2.24, 2.45) is 0 Å². The SMILES string of the molecule is CC(=O)Cc1nc(C2Cc3ccccc3O2)no1. The van der Waals surface area contributed by atoms with E-state index in [1.165, 1.54) is 6.92 Å². The van der Waals surface area contributed by atoms with Crippen molar-refractivity contribution in [2.75, 3.05) is 0 Å². The summed E-state index contributed by atoms with van der Waals surface area (Å²) < 4.78 is 10.8. The highest BCUT2D eigenvalue weighted by atomic mass is 16.5. The minimum Gasteiger partial charge on any atom is -0.482 e. The molecule has 0 N–H and O–H groups in total. The highest BCUT2D eigenvalue weighted by Gasteiger charge is 2.28. The molecule has 5 heteroatoms. The monoisotopic (exact) mass is 244 g/mol. The van der Waals surface area contributed by atoms with Crippen molar-refractivity contribution in [3.63, 3.8) is 0 Å². The molecule has 0 saturated carbocycles. The third-order valence-corrected chi connectivity index (χ3v) is 2.82. The number of Topliss-reactive ketones (excluding diaryl/α,β-unsaturated/α-hetero) is 1. The topological polar surface area (TPSA) is 65.2 Å². The molecule has 3 rings (SSSR count). The highest BCUT2D eigenvalue weighted by molar-refractivity contribution is 5.77. The van der Waals surface area contributed by atoms with Crippen LogP contribution in [0, 0.1) is 0 Å². The van der Waals surface area contributed by atoms with E-state index in [0.29, 0.717) is 11.7 Å². The first kappa shape index (κ1) is 11.0. The molecule has 1 atom stereocenters. The van der Waals surface area contributed by atoms with Gasteiger partial charge in [-0.05, 0) is 18.6 Å². The molecule has 0 spiro atoms. The largest absolute Gasteiger partial charge is 0.482 e. The Bertz CT molecular complexity index is 566. The van der Waals surface area contributed by atoms with Crippen molar-refractivity contribution >= 4 is 5.78 Å². The number of carbonyl (C=O) groups excluding carboxylic acids is 1. The molecule has 2 heterocycles. The Labute approximate surface area is 104 Å². The summed E-state index contributed by atoms with van der Waals surface area (Å²) >= 11 is 0. The van der Waals surface area contributed by atoms with Gasteiger partial charge in [0.25, 0.3) is 0 Å². The first-order chi connectivity index (χ1) is 8.72. The van der Waals surface area contributed by atoms with Crippen molar-refractivity contribution < 1.29 is 14.1 Å². The Balaban J connectivity index is 1.78. The van der Waals surface area contributed by atoms with Gasteiger partial charge in [0.15, 0.2) is 6.10 Å². The Morgan fingerprint density at radius 2 is 2.28 bits per heavy atom. The summed E-state index contributed by atoms with van der Waals surface area (Å²) in [4.78, 5) is 15.2. The second kappa shape index (κ2) is 4.25. The fourth-order valence-corrected chi connectivity index (χ4v) is 2.01.